The van der Waals surface area contributed by atoms with Crippen molar-refractivity contribution in [1.29, 1.82) is 5.26 Å². The highest BCUT2D eigenvalue weighted by Gasteiger charge is 2.24. The van der Waals surface area contributed by atoms with Crippen LogP contribution in [-0.4, -0.2) is 31.0 Å². The van der Waals surface area contributed by atoms with Crippen molar-refractivity contribution in [2.75, 3.05) is 25.5 Å². The average Bonchev–Trinajstić information content (AvgIpc) is 2.93. The lowest BCUT2D eigenvalue weighted by Gasteiger charge is -2.30. The second-order valence-electron chi connectivity index (χ2n) is 6.96. The molecule has 0 radical (unpaired) electrons. The van der Waals surface area contributed by atoms with E-state index in [0.29, 0.717) is 16.3 Å². The summed E-state index contributed by atoms with van der Waals surface area (Å²) < 4.78 is 5.26. The molecule has 3 rings (SSSR count). The van der Waals surface area contributed by atoms with E-state index in [-0.39, 0.29) is 18.5 Å². The molecule has 5 nitrogen and oxygen atoms in total. The highest BCUT2D eigenvalue weighted by atomic mass is 35.5. The summed E-state index contributed by atoms with van der Waals surface area (Å²) in [5.41, 5.74) is 2.05. The highest BCUT2D eigenvalue weighted by molar-refractivity contribution is 6.31. The number of anilines is 1. The zero-order valence-electron chi connectivity index (χ0n) is 16.0. The second kappa shape index (κ2) is 9.59. The minimum Gasteiger partial charge on any atom is -0.497 e. The Balaban J connectivity index is 1.74. The fourth-order valence-electron chi connectivity index (χ4n) is 3.65. The van der Waals surface area contributed by atoms with Gasteiger partial charge in [0.1, 0.15) is 11.8 Å². The standard InChI is InChI=1S/C22H24ClN3O2/c1-28-19-10-7-16(8-11-19)21-5-3-2-4-12-26(21)15-22(27)25-20-13-18(23)9-6-17(20)14-24/h6-11,13,21H,2-5,12,15H2,1H3,(H,25,27)/t21-/m1/s1. The van der Waals surface area contributed by atoms with Gasteiger partial charge in [-0.1, -0.05) is 36.6 Å². The van der Waals surface area contributed by atoms with Crippen molar-refractivity contribution < 1.29 is 9.53 Å². The van der Waals surface area contributed by atoms with Gasteiger partial charge in [-0.3, -0.25) is 9.69 Å². The van der Waals surface area contributed by atoms with Crippen LogP contribution in [0.25, 0.3) is 0 Å². The van der Waals surface area contributed by atoms with Crippen LogP contribution in [0.15, 0.2) is 42.5 Å². The van der Waals surface area contributed by atoms with Gasteiger partial charge in [-0.25, -0.2) is 0 Å². The third-order valence-electron chi connectivity index (χ3n) is 5.09. The number of likely N-dealkylation sites (tertiary alicyclic amines) is 1. The summed E-state index contributed by atoms with van der Waals surface area (Å²) in [6.45, 7) is 1.14. The Morgan fingerprint density at radius 3 is 2.75 bits per heavy atom. The van der Waals surface area contributed by atoms with E-state index in [9.17, 15) is 10.1 Å². The Kier molecular flexibility index (Phi) is 6.91. The van der Waals surface area contributed by atoms with Gasteiger partial charge < -0.3 is 10.1 Å². The van der Waals surface area contributed by atoms with Crippen LogP contribution < -0.4 is 10.1 Å². The summed E-state index contributed by atoms with van der Waals surface area (Å²) in [5.74, 6) is 0.686. The molecule has 1 N–H and O–H groups in total. The first-order valence-corrected chi connectivity index (χ1v) is 9.86. The van der Waals surface area contributed by atoms with E-state index in [4.69, 9.17) is 16.3 Å². The molecule has 2 aromatic carbocycles. The van der Waals surface area contributed by atoms with E-state index < -0.39 is 0 Å². The molecule has 1 heterocycles. The number of hydrogen-bond donors (Lipinski definition) is 1. The zero-order chi connectivity index (χ0) is 19.9. The highest BCUT2D eigenvalue weighted by Crippen LogP contribution is 2.31. The fourth-order valence-corrected chi connectivity index (χ4v) is 3.82. The van der Waals surface area contributed by atoms with Crippen LogP contribution in [0.4, 0.5) is 5.69 Å². The first kappa shape index (κ1) is 20.2. The van der Waals surface area contributed by atoms with Crippen LogP contribution in [0.1, 0.15) is 42.9 Å². The molecule has 1 aliphatic rings. The molecule has 1 amide bonds. The monoisotopic (exact) mass is 397 g/mol. The summed E-state index contributed by atoms with van der Waals surface area (Å²) in [6.07, 6.45) is 4.39. The Labute approximate surface area is 170 Å². The van der Waals surface area contributed by atoms with Gasteiger partial charge in [0.05, 0.1) is 24.9 Å². The van der Waals surface area contributed by atoms with E-state index in [1.165, 1.54) is 5.56 Å². The van der Waals surface area contributed by atoms with E-state index in [1.807, 2.05) is 12.1 Å². The minimum atomic E-state index is -0.140. The van der Waals surface area contributed by atoms with Crippen molar-refractivity contribution in [2.24, 2.45) is 0 Å². The summed E-state index contributed by atoms with van der Waals surface area (Å²) in [6, 6.07) is 15.2. The number of halogens is 1. The van der Waals surface area contributed by atoms with Gasteiger partial charge in [0.15, 0.2) is 0 Å². The van der Waals surface area contributed by atoms with Gasteiger partial charge >= 0.3 is 0 Å². The number of amides is 1. The Morgan fingerprint density at radius 2 is 2.04 bits per heavy atom. The van der Waals surface area contributed by atoms with Gasteiger partial charge in [0, 0.05) is 11.1 Å². The molecule has 0 aliphatic carbocycles. The lowest BCUT2D eigenvalue weighted by Crippen LogP contribution is -2.36. The molecule has 0 bridgehead atoms. The third kappa shape index (κ3) is 5.03. The molecule has 0 spiro atoms. The molecule has 1 saturated heterocycles. The van der Waals surface area contributed by atoms with Crippen molar-refractivity contribution in [3.8, 4) is 11.8 Å². The number of nitriles is 1. The molecule has 0 aromatic heterocycles. The van der Waals surface area contributed by atoms with Crippen molar-refractivity contribution in [3.63, 3.8) is 0 Å². The SMILES string of the molecule is COc1ccc([C@H]2CCCCCN2CC(=O)Nc2cc(Cl)ccc2C#N)cc1. The van der Waals surface area contributed by atoms with E-state index >= 15 is 0 Å². The van der Waals surface area contributed by atoms with Crippen LogP contribution in [0, 0.1) is 11.3 Å². The number of nitrogens with zero attached hydrogens (tertiary/aromatic N) is 2. The number of hydrogen-bond acceptors (Lipinski definition) is 4. The predicted octanol–water partition coefficient (Wildman–Crippen LogP) is 4.78. The quantitative estimate of drug-likeness (QED) is 0.788. The maximum Gasteiger partial charge on any atom is 0.238 e. The smallest absolute Gasteiger partial charge is 0.238 e. The zero-order valence-corrected chi connectivity index (χ0v) is 16.7. The molecule has 28 heavy (non-hydrogen) atoms. The summed E-state index contributed by atoms with van der Waals surface area (Å²) in [5, 5.41) is 12.6. The van der Waals surface area contributed by atoms with Gasteiger partial charge in [0.2, 0.25) is 5.91 Å². The van der Waals surface area contributed by atoms with E-state index in [0.717, 1.165) is 38.0 Å². The van der Waals surface area contributed by atoms with Gasteiger partial charge in [-0.15, -0.1) is 0 Å². The Bertz CT molecular complexity index is 861. The van der Waals surface area contributed by atoms with Crippen LogP contribution in [0.3, 0.4) is 0 Å². The molecule has 6 heteroatoms. The van der Waals surface area contributed by atoms with Crippen molar-refractivity contribution in [3.05, 3.63) is 58.6 Å². The number of nitrogens with one attached hydrogen (secondary N) is 1. The fraction of sp³-hybridized carbons (Fsp3) is 0.364. The lowest BCUT2D eigenvalue weighted by molar-refractivity contribution is -0.117. The maximum absolute atomic E-state index is 12.7. The van der Waals surface area contributed by atoms with Crippen molar-refractivity contribution >= 4 is 23.2 Å². The second-order valence-corrected chi connectivity index (χ2v) is 7.40. The molecule has 1 fully saturated rings. The van der Waals surface area contributed by atoms with Gasteiger partial charge in [-0.2, -0.15) is 5.26 Å². The van der Waals surface area contributed by atoms with Crippen LogP contribution >= 0.6 is 11.6 Å². The maximum atomic E-state index is 12.7. The Hall–Kier alpha value is -2.55. The topological polar surface area (TPSA) is 65.4 Å². The number of carbonyl (C=O) groups is 1. The van der Waals surface area contributed by atoms with Crippen LogP contribution in [0.2, 0.25) is 5.02 Å². The van der Waals surface area contributed by atoms with Crippen LogP contribution in [-0.2, 0) is 4.79 Å². The molecule has 1 aliphatic heterocycles. The Morgan fingerprint density at radius 1 is 1.25 bits per heavy atom. The summed E-state index contributed by atoms with van der Waals surface area (Å²) >= 11 is 6.02. The van der Waals surface area contributed by atoms with E-state index in [2.05, 4.69) is 28.4 Å². The third-order valence-corrected chi connectivity index (χ3v) is 5.32. The number of methoxy groups -OCH3 is 1. The van der Waals surface area contributed by atoms with E-state index in [1.54, 1.807) is 25.3 Å². The molecule has 0 saturated carbocycles. The summed E-state index contributed by atoms with van der Waals surface area (Å²) in [7, 11) is 1.66. The molecule has 146 valence electrons. The largest absolute Gasteiger partial charge is 0.497 e. The van der Waals surface area contributed by atoms with Crippen molar-refractivity contribution in [1.82, 2.24) is 4.90 Å². The molecular formula is C22H24ClN3O2. The molecular weight excluding hydrogens is 374 g/mol. The van der Waals surface area contributed by atoms with Crippen molar-refractivity contribution in [2.45, 2.75) is 31.7 Å². The number of carbonyl (C=O) groups excluding carboxylic acids is 1. The first-order chi connectivity index (χ1) is 13.6. The average molecular weight is 398 g/mol. The molecule has 2 aromatic rings. The first-order valence-electron chi connectivity index (χ1n) is 9.48. The number of ether oxygens (including phenoxy) is 1. The molecule has 1 atom stereocenters. The number of rotatable bonds is 5. The normalized spacial score (nSPS) is 17.4. The number of benzene rings is 2. The van der Waals surface area contributed by atoms with Gasteiger partial charge in [0.25, 0.3) is 0 Å². The predicted molar refractivity (Wildman–Crippen MR) is 111 cm³/mol. The molecule has 0 unspecified atom stereocenters. The van der Waals surface area contributed by atoms with Crippen LogP contribution in [0.5, 0.6) is 5.75 Å². The lowest BCUT2D eigenvalue weighted by atomic mass is 10.0. The van der Waals surface area contributed by atoms with Gasteiger partial charge in [-0.05, 0) is 55.3 Å². The minimum absolute atomic E-state index is 0.140. The summed E-state index contributed by atoms with van der Waals surface area (Å²) in [4.78, 5) is 14.9.